The van der Waals surface area contributed by atoms with Gasteiger partial charge in [-0.25, -0.2) is 0 Å². The van der Waals surface area contributed by atoms with Crippen LogP contribution in [0, 0.1) is 6.92 Å². The van der Waals surface area contributed by atoms with Crippen LogP contribution < -0.4 is 5.32 Å². The molecule has 0 radical (unpaired) electrons. The van der Waals surface area contributed by atoms with Gasteiger partial charge in [0.1, 0.15) is 0 Å². The third-order valence-electron chi connectivity index (χ3n) is 3.61. The summed E-state index contributed by atoms with van der Waals surface area (Å²) in [6, 6.07) is 15.8. The number of carbonyl (C=O) groups is 1. The first kappa shape index (κ1) is 12.0. The third kappa shape index (κ3) is 2.68. The molecule has 2 aromatic rings. The van der Waals surface area contributed by atoms with Crippen LogP contribution in [0.25, 0.3) is 0 Å². The van der Waals surface area contributed by atoms with Gasteiger partial charge in [-0.15, -0.1) is 0 Å². The van der Waals surface area contributed by atoms with Crippen LogP contribution in [0.2, 0.25) is 0 Å². The SMILES string of the molecule is Cc1ccccc1NC(=O)c1ccc(C2CC2)cc1. The largest absolute Gasteiger partial charge is 0.322 e. The fourth-order valence-electron chi connectivity index (χ4n) is 2.23. The molecule has 1 amide bonds. The summed E-state index contributed by atoms with van der Waals surface area (Å²) in [5, 5.41) is 2.95. The van der Waals surface area contributed by atoms with Crippen molar-refractivity contribution >= 4 is 11.6 Å². The van der Waals surface area contributed by atoms with E-state index in [1.54, 1.807) is 0 Å². The maximum absolute atomic E-state index is 12.2. The Morgan fingerprint density at radius 1 is 1.05 bits per heavy atom. The van der Waals surface area contributed by atoms with E-state index >= 15 is 0 Å². The van der Waals surface area contributed by atoms with E-state index in [1.807, 2.05) is 43.3 Å². The minimum atomic E-state index is -0.0448. The molecule has 96 valence electrons. The summed E-state index contributed by atoms with van der Waals surface area (Å²) in [5.74, 6) is 0.685. The van der Waals surface area contributed by atoms with Crippen LogP contribution in [-0.4, -0.2) is 5.91 Å². The van der Waals surface area contributed by atoms with Gasteiger partial charge >= 0.3 is 0 Å². The molecule has 1 N–H and O–H groups in total. The number of para-hydroxylation sites is 1. The van der Waals surface area contributed by atoms with Gasteiger partial charge < -0.3 is 5.32 Å². The van der Waals surface area contributed by atoms with Crippen molar-refractivity contribution in [2.24, 2.45) is 0 Å². The molecule has 3 rings (SSSR count). The standard InChI is InChI=1S/C17H17NO/c1-12-4-2-3-5-16(12)18-17(19)15-10-8-14(9-11-15)13-6-7-13/h2-5,8-11,13H,6-7H2,1H3,(H,18,19). The average Bonchev–Trinajstić information content (AvgIpc) is 3.26. The quantitative estimate of drug-likeness (QED) is 0.873. The lowest BCUT2D eigenvalue weighted by Crippen LogP contribution is -2.12. The molecule has 1 saturated carbocycles. The van der Waals surface area contributed by atoms with E-state index in [2.05, 4.69) is 17.4 Å². The number of carbonyl (C=O) groups excluding carboxylic acids is 1. The van der Waals surface area contributed by atoms with Crippen LogP contribution >= 0.6 is 0 Å². The second-order valence-electron chi connectivity index (χ2n) is 5.17. The first-order valence-corrected chi connectivity index (χ1v) is 6.71. The fraction of sp³-hybridized carbons (Fsp3) is 0.235. The first-order valence-electron chi connectivity index (χ1n) is 6.71. The Morgan fingerprint density at radius 2 is 1.74 bits per heavy atom. The molecule has 0 unspecified atom stereocenters. The molecule has 1 fully saturated rings. The molecule has 1 aliphatic carbocycles. The highest BCUT2D eigenvalue weighted by Gasteiger charge is 2.23. The monoisotopic (exact) mass is 251 g/mol. The molecule has 0 heterocycles. The predicted molar refractivity (Wildman–Crippen MR) is 77.5 cm³/mol. The molecule has 0 aromatic heterocycles. The molecule has 0 atom stereocenters. The molecule has 2 nitrogen and oxygen atoms in total. The van der Waals surface area contributed by atoms with Gasteiger partial charge in [0.25, 0.3) is 5.91 Å². The zero-order chi connectivity index (χ0) is 13.2. The number of aryl methyl sites for hydroxylation is 1. The fourth-order valence-corrected chi connectivity index (χ4v) is 2.23. The molecule has 19 heavy (non-hydrogen) atoms. The van der Waals surface area contributed by atoms with Gasteiger partial charge in [-0.2, -0.15) is 0 Å². The van der Waals surface area contributed by atoms with Gasteiger partial charge in [0.2, 0.25) is 0 Å². The number of nitrogens with one attached hydrogen (secondary N) is 1. The highest BCUT2D eigenvalue weighted by molar-refractivity contribution is 6.04. The topological polar surface area (TPSA) is 29.1 Å². The van der Waals surface area contributed by atoms with Gasteiger partial charge in [0.15, 0.2) is 0 Å². The molecular weight excluding hydrogens is 234 g/mol. The minimum Gasteiger partial charge on any atom is -0.322 e. The van der Waals surface area contributed by atoms with E-state index in [9.17, 15) is 4.79 Å². The van der Waals surface area contributed by atoms with E-state index in [-0.39, 0.29) is 5.91 Å². The second kappa shape index (κ2) is 4.88. The highest BCUT2D eigenvalue weighted by atomic mass is 16.1. The van der Waals surface area contributed by atoms with Crippen LogP contribution in [0.4, 0.5) is 5.69 Å². The predicted octanol–water partition coefficient (Wildman–Crippen LogP) is 4.12. The van der Waals surface area contributed by atoms with Gasteiger partial charge in [-0.3, -0.25) is 4.79 Å². The lowest BCUT2D eigenvalue weighted by molar-refractivity contribution is 0.102. The van der Waals surface area contributed by atoms with Crippen LogP contribution in [0.5, 0.6) is 0 Å². The number of benzene rings is 2. The molecule has 2 aromatic carbocycles. The summed E-state index contributed by atoms with van der Waals surface area (Å²) in [6.45, 7) is 1.99. The van der Waals surface area contributed by atoms with E-state index in [0.29, 0.717) is 5.56 Å². The van der Waals surface area contributed by atoms with E-state index in [0.717, 1.165) is 17.2 Å². The number of rotatable bonds is 3. The maximum Gasteiger partial charge on any atom is 0.255 e. The summed E-state index contributed by atoms with van der Waals surface area (Å²) in [4.78, 5) is 12.2. The maximum atomic E-state index is 12.2. The average molecular weight is 251 g/mol. The van der Waals surface area contributed by atoms with Crippen molar-refractivity contribution in [3.63, 3.8) is 0 Å². The Balaban J connectivity index is 1.74. The number of anilines is 1. The number of hydrogen-bond acceptors (Lipinski definition) is 1. The Morgan fingerprint density at radius 3 is 2.37 bits per heavy atom. The molecular formula is C17H17NO. The lowest BCUT2D eigenvalue weighted by atomic mass is 10.1. The highest BCUT2D eigenvalue weighted by Crippen LogP contribution is 2.39. The first-order chi connectivity index (χ1) is 9.24. The van der Waals surface area contributed by atoms with E-state index in [1.165, 1.54) is 18.4 Å². The Kier molecular flexibility index (Phi) is 3.08. The minimum absolute atomic E-state index is 0.0448. The van der Waals surface area contributed by atoms with Crippen molar-refractivity contribution in [2.45, 2.75) is 25.7 Å². The molecule has 0 aliphatic heterocycles. The second-order valence-corrected chi connectivity index (χ2v) is 5.17. The van der Waals surface area contributed by atoms with Crippen molar-refractivity contribution in [3.05, 3.63) is 65.2 Å². The summed E-state index contributed by atoms with van der Waals surface area (Å²) in [7, 11) is 0. The molecule has 0 spiro atoms. The molecule has 1 aliphatic rings. The normalized spacial score (nSPS) is 14.2. The van der Waals surface area contributed by atoms with Crippen molar-refractivity contribution in [1.82, 2.24) is 0 Å². The van der Waals surface area contributed by atoms with Crippen LogP contribution in [0.3, 0.4) is 0 Å². The van der Waals surface area contributed by atoms with Gasteiger partial charge in [-0.1, -0.05) is 30.3 Å². The van der Waals surface area contributed by atoms with Crippen molar-refractivity contribution in [1.29, 1.82) is 0 Å². The Labute approximate surface area is 113 Å². The lowest BCUT2D eigenvalue weighted by Gasteiger charge is -2.08. The van der Waals surface area contributed by atoms with Crippen molar-refractivity contribution < 1.29 is 4.79 Å². The van der Waals surface area contributed by atoms with Crippen molar-refractivity contribution in [2.75, 3.05) is 5.32 Å². The number of hydrogen-bond donors (Lipinski definition) is 1. The zero-order valence-electron chi connectivity index (χ0n) is 11.0. The van der Waals surface area contributed by atoms with Crippen molar-refractivity contribution in [3.8, 4) is 0 Å². The van der Waals surface area contributed by atoms with Crippen LogP contribution in [-0.2, 0) is 0 Å². The number of amides is 1. The zero-order valence-corrected chi connectivity index (χ0v) is 11.0. The summed E-state index contributed by atoms with van der Waals surface area (Å²) < 4.78 is 0. The summed E-state index contributed by atoms with van der Waals surface area (Å²) in [6.07, 6.45) is 2.57. The Hall–Kier alpha value is -2.09. The molecule has 0 bridgehead atoms. The van der Waals surface area contributed by atoms with Crippen LogP contribution in [0.15, 0.2) is 48.5 Å². The van der Waals surface area contributed by atoms with Gasteiger partial charge in [-0.05, 0) is 55.0 Å². The van der Waals surface area contributed by atoms with Crippen LogP contribution in [0.1, 0.15) is 40.2 Å². The molecule has 2 heteroatoms. The summed E-state index contributed by atoms with van der Waals surface area (Å²) >= 11 is 0. The van der Waals surface area contributed by atoms with Gasteiger partial charge in [0, 0.05) is 11.3 Å². The smallest absolute Gasteiger partial charge is 0.255 e. The Bertz CT molecular complexity index is 597. The van der Waals surface area contributed by atoms with E-state index < -0.39 is 0 Å². The van der Waals surface area contributed by atoms with E-state index in [4.69, 9.17) is 0 Å². The van der Waals surface area contributed by atoms with Gasteiger partial charge in [0.05, 0.1) is 0 Å². The molecule has 0 saturated heterocycles. The summed E-state index contributed by atoms with van der Waals surface area (Å²) in [5.41, 5.74) is 4.02. The third-order valence-corrected chi connectivity index (χ3v) is 3.61.